The quantitative estimate of drug-likeness (QED) is 0.188. The Kier molecular flexibility index (Phi) is 9.38. The maximum absolute atomic E-state index is 14.9. The summed E-state index contributed by atoms with van der Waals surface area (Å²) in [6.07, 6.45) is 3.46. The van der Waals surface area contributed by atoms with Crippen molar-refractivity contribution < 1.29 is 19.4 Å². The maximum atomic E-state index is 14.9. The molecule has 5 aromatic rings. The number of hydrogen-bond acceptors (Lipinski definition) is 5. The van der Waals surface area contributed by atoms with Gasteiger partial charge in [0.2, 0.25) is 0 Å². The number of carbonyl (C=O) groups is 2. The highest BCUT2D eigenvalue weighted by atomic mass is 35.5. The van der Waals surface area contributed by atoms with Crippen molar-refractivity contribution >= 4 is 34.8 Å². The Hall–Kier alpha value is -4.89. The smallest absolute Gasteiger partial charge is 0.264 e. The van der Waals surface area contributed by atoms with E-state index >= 15 is 0 Å². The van der Waals surface area contributed by atoms with Gasteiger partial charge in [0.1, 0.15) is 5.75 Å². The molecule has 0 unspecified atom stereocenters. The number of aromatic hydroxyl groups is 1. The van der Waals surface area contributed by atoms with Crippen LogP contribution in [0.2, 0.25) is 5.02 Å². The number of aromatic nitrogens is 1. The van der Waals surface area contributed by atoms with E-state index in [4.69, 9.17) is 16.3 Å². The zero-order valence-electron chi connectivity index (χ0n) is 28.5. The Morgan fingerprint density at radius 2 is 1.53 bits per heavy atom. The minimum atomic E-state index is -0.170. The summed E-state index contributed by atoms with van der Waals surface area (Å²) in [4.78, 5) is 35.8. The van der Waals surface area contributed by atoms with Crippen molar-refractivity contribution in [2.45, 2.75) is 44.8 Å². The molecule has 0 saturated carbocycles. The van der Waals surface area contributed by atoms with Crippen LogP contribution in [0.5, 0.6) is 5.75 Å². The molecule has 0 radical (unpaired) electrons. The van der Waals surface area contributed by atoms with Crippen molar-refractivity contribution in [2.24, 2.45) is 0 Å². The van der Waals surface area contributed by atoms with E-state index in [1.54, 1.807) is 35.2 Å². The largest absolute Gasteiger partial charge is 0.508 e. The van der Waals surface area contributed by atoms with Crippen molar-refractivity contribution in [3.8, 4) is 17.0 Å². The number of morpholine rings is 1. The number of nitrogens with zero attached hydrogens (tertiary/aromatic N) is 4. The standard InChI is InChI=1S/C42H41ClN4O4/c43-31-13-18-36(41(49)46-27-30-9-5-4-8-29(30)24-34(46)28-44-20-22-51-23-21-44)37(25-31)40-26-38(39-12-6-7-19-45(39)40)42(50)47(32-10-2-1-3-11-32)33-14-16-35(48)17-15-33/h1-5,8-11,13-18,25-26,34,48H,6-7,12,19-24,27-28H2/t34-/m0/s1. The Labute approximate surface area is 303 Å². The summed E-state index contributed by atoms with van der Waals surface area (Å²) in [7, 11) is 0. The Morgan fingerprint density at radius 1 is 0.804 bits per heavy atom. The highest BCUT2D eigenvalue weighted by Gasteiger charge is 2.35. The molecule has 1 atom stereocenters. The topological polar surface area (TPSA) is 78.3 Å². The fourth-order valence-corrected chi connectivity index (χ4v) is 8.08. The Balaban J connectivity index is 1.20. The van der Waals surface area contributed by atoms with E-state index in [1.807, 2.05) is 59.5 Å². The third kappa shape index (κ3) is 6.67. The zero-order valence-corrected chi connectivity index (χ0v) is 29.3. The summed E-state index contributed by atoms with van der Waals surface area (Å²) in [6, 6.07) is 32.1. The molecule has 8 rings (SSSR count). The predicted molar refractivity (Wildman–Crippen MR) is 200 cm³/mol. The highest BCUT2D eigenvalue weighted by molar-refractivity contribution is 6.31. The first-order valence-electron chi connectivity index (χ1n) is 17.8. The van der Waals surface area contributed by atoms with Crippen LogP contribution >= 0.6 is 11.6 Å². The second kappa shape index (κ2) is 14.4. The average molecular weight is 701 g/mol. The van der Waals surface area contributed by atoms with Crippen LogP contribution in [0, 0.1) is 0 Å². The van der Waals surface area contributed by atoms with Gasteiger partial charge in [-0.1, -0.05) is 54.1 Å². The van der Waals surface area contributed by atoms with Crippen LogP contribution in [-0.4, -0.2) is 70.2 Å². The highest BCUT2D eigenvalue weighted by Crippen LogP contribution is 2.38. The fraction of sp³-hybridized carbons (Fsp3) is 0.286. The molecule has 1 saturated heterocycles. The van der Waals surface area contributed by atoms with Gasteiger partial charge in [-0.2, -0.15) is 0 Å². The Morgan fingerprint density at radius 3 is 2.31 bits per heavy atom. The predicted octanol–water partition coefficient (Wildman–Crippen LogP) is 7.73. The fourth-order valence-electron chi connectivity index (χ4n) is 7.91. The molecule has 51 heavy (non-hydrogen) atoms. The summed E-state index contributed by atoms with van der Waals surface area (Å²) in [5.41, 5.74) is 7.51. The lowest BCUT2D eigenvalue weighted by Gasteiger charge is -2.40. The zero-order chi connectivity index (χ0) is 34.9. The summed E-state index contributed by atoms with van der Waals surface area (Å²) in [5.74, 6) is -0.0779. The van der Waals surface area contributed by atoms with Gasteiger partial charge in [0.25, 0.3) is 11.8 Å². The third-order valence-electron chi connectivity index (χ3n) is 10.5. The first-order chi connectivity index (χ1) is 24.9. The maximum Gasteiger partial charge on any atom is 0.264 e. The van der Waals surface area contributed by atoms with E-state index in [0.717, 1.165) is 74.5 Å². The molecule has 1 N–H and O–H groups in total. The molecule has 1 aromatic heterocycles. The van der Waals surface area contributed by atoms with E-state index in [1.165, 1.54) is 11.1 Å². The van der Waals surface area contributed by atoms with E-state index in [2.05, 4.69) is 27.7 Å². The second-order valence-corrected chi connectivity index (χ2v) is 14.1. The molecule has 0 bridgehead atoms. The van der Waals surface area contributed by atoms with Crippen LogP contribution in [0.4, 0.5) is 11.4 Å². The van der Waals surface area contributed by atoms with Gasteiger partial charge >= 0.3 is 0 Å². The summed E-state index contributed by atoms with van der Waals surface area (Å²) >= 11 is 6.71. The van der Waals surface area contributed by atoms with Crippen LogP contribution < -0.4 is 4.90 Å². The van der Waals surface area contributed by atoms with Crippen LogP contribution in [0.1, 0.15) is 50.4 Å². The van der Waals surface area contributed by atoms with Crippen molar-refractivity contribution in [1.82, 2.24) is 14.4 Å². The van der Waals surface area contributed by atoms with Crippen LogP contribution in [0.25, 0.3) is 11.3 Å². The van der Waals surface area contributed by atoms with Gasteiger partial charge in [-0.15, -0.1) is 0 Å². The van der Waals surface area contributed by atoms with Gasteiger partial charge in [0.05, 0.1) is 18.8 Å². The van der Waals surface area contributed by atoms with Gasteiger partial charge in [0.15, 0.2) is 0 Å². The molecule has 9 heteroatoms. The summed E-state index contributed by atoms with van der Waals surface area (Å²) < 4.78 is 7.84. The van der Waals surface area contributed by atoms with Gasteiger partial charge in [-0.05, 0) is 97.5 Å². The minimum Gasteiger partial charge on any atom is -0.508 e. The van der Waals surface area contributed by atoms with Gasteiger partial charge in [-0.3, -0.25) is 19.4 Å². The molecule has 3 aliphatic rings. The Bertz CT molecular complexity index is 2060. The average Bonchev–Trinajstić information content (AvgIpc) is 3.56. The van der Waals surface area contributed by atoms with Crippen molar-refractivity contribution in [3.05, 3.63) is 136 Å². The molecule has 260 valence electrons. The number of phenols is 1. The van der Waals surface area contributed by atoms with Crippen LogP contribution in [0.3, 0.4) is 0 Å². The summed E-state index contributed by atoms with van der Waals surface area (Å²) in [6.45, 7) is 5.15. The van der Waals surface area contributed by atoms with Crippen LogP contribution in [0.15, 0.2) is 103 Å². The molecule has 4 aromatic carbocycles. The number of amides is 2. The molecule has 0 spiro atoms. The van der Waals surface area contributed by atoms with Crippen molar-refractivity contribution in [3.63, 3.8) is 0 Å². The number of para-hydroxylation sites is 1. The van der Waals surface area contributed by atoms with Gasteiger partial charge < -0.3 is 19.3 Å². The molecular weight excluding hydrogens is 660 g/mol. The molecule has 3 aliphatic heterocycles. The number of phenolic OH excluding ortho intramolecular Hbond substituents is 1. The number of benzene rings is 4. The normalized spacial score (nSPS) is 17.4. The SMILES string of the molecule is O=C(c1cc(-c2cc(Cl)ccc2C(=O)N2Cc3ccccc3C[C@H]2CN2CCOCC2)n2c1CCCC2)N(c1ccccc1)c1ccc(O)cc1. The molecule has 8 nitrogen and oxygen atoms in total. The number of ether oxygens (including phenoxy) is 1. The lowest BCUT2D eigenvalue weighted by Crippen LogP contribution is -2.52. The molecule has 1 fully saturated rings. The van der Waals surface area contributed by atoms with E-state index in [9.17, 15) is 14.7 Å². The van der Waals surface area contributed by atoms with E-state index in [-0.39, 0.29) is 23.6 Å². The molecular formula is C42H41ClN4O4. The number of halogens is 1. The number of hydrogen-bond donors (Lipinski definition) is 1. The lowest BCUT2D eigenvalue weighted by atomic mass is 9.92. The third-order valence-corrected chi connectivity index (χ3v) is 10.7. The summed E-state index contributed by atoms with van der Waals surface area (Å²) in [5, 5.41) is 10.6. The number of anilines is 2. The number of rotatable bonds is 7. The van der Waals surface area contributed by atoms with Gasteiger partial charge in [-0.25, -0.2) is 0 Å². The van der Waals surface area contributed by atoms with Crippen molar-refractivity contribution in [2.75, 3.05) is 37.7 Å². The first-order valence-corrected chi connectivity index (χ1v) is 18.2. The lowest BCUT2D eigenvalue weighted by molar-refractivity contribution is 0.0193. The molecule has 0 aliphatic carbocycles. The number of carbonyl (C=O) groups excluding carboxylic acids is 2. The van der Waals surface area contributed by atoms with E-state index < -0.39 is 0 Å². The van der Waals surface area contributed by atoms with Crippen LogP contribution in [-0.2, 0) is 30.7 Å². The van der Waals surface area contributed by atoms with Gasteiger partial charge in [0, 0.05) is 77.7 Å². The number of fused-ring (bicyclic) bond motifs is 2. The molecule has 4 heterocycles. The minimum absolute atomic E-state index is 0.00265. The van der Waals surface area contributed by atoms with E-state index in [0.29, 0.717) is 41.6 Å². The monoisotopic (exact) mass is 700 g/mol. The first kappa shape index (κ1) is 33.3. The van der Waals surface area contributed by atoms with Crippen molar-refractivity contribution in [1.29, 1.82) is 0 Å². The molecule has 2 amide bonds. The second-order valence-electron chi connectivity index (χ2n) is 13.7.